The molecule has 3 unspecified atom stereocenters. The molecule has 1 rings (SSSR count). The number of carbonyl (C=O) groups is 1. The van der Waals surface area contributed by atoms with Crippen molar-refractivity contribution in [3.63, 3.8) is 0 Å². The SMILES string of the molecule is C=C1CC(=O)C(C(CC)OC)C1C. The van der Waals surface area contributed by atoms with Gasteiger partial charge in [0.15, 0.2) is 0 Å². The monoisotopic (exact) mass is 182 g/mol. The van der Waals surface area contributed by atoms with E-state index in [1.165, 1.54) is 0 Å². The number of allylic oxidation sites excluding steroid dienone is 1. The summed E-state index contributed by atoms with van der Waals surface area (Å²) in [5.74, 6) is 0.631. The first-order valence-corrected chi connectivity index (χ1v) is 4.85. The highest BCUT2D eigenvalue weighted by atomic mass is 16.5. The third-order valence-corrected chi connectivity index (χ3v) is 3.06. The highest BCUT2D eigenvalue weighted by molar-refractivity contribution is 5.87. The van der Waals surface area contributed by atoms with Crippen LogP contribution in [0.3, 0.4) is 0 Å². The summed E-state index contributed by atoms with van der Waals surface area (Å²) < 4.78 is 5.31. The fourth-order valence-electron chi connectivity index (χ4n) is 2.13. The summed E-state index contributed by atoms with van der Waals surface area (Å²) in [6.07, 6.45) is 1.51. The van der Waals surface area contributed by atoms with Crippen molar-refractivity contribution < 1.29 is 9.53 Å². The van der Waals surface area contributed by atoms with Crippen LogP contribution in [0, 0.1) is 11.8 Å². The van der Waals surface area contributed by atoms with Crippen molar-refractivity contribution in [2.75, 3.05) is 7.11 Å². The van der Waals surface area contributed by atoms with Gasteiger partial charge in [-0.2, -0.15) is 0 Å². The van der Waals surface area contributed by atoms with Crippen LogP contribution in [0.1, 0.15) is 26.7 Å². The molecule has 0 spiro atoms. The fourth-order valence-corrected chi connectivity index (χ4v) is 2.13. The zero-order valence-corrected chi connectivity index (χ0v) is 8.67. The molecule has 0 aromatic rings. The van der Waals surface area contributed by atoms with E-state index >= 15 is 0 Å². The highest BCUT2D eigenvalue weighted by Crippen LogP contribution is 2.36. The Morgan fingerprint density at radius 2 is 2.31 bits per heavy atom. The van der Waals surface area contributed by atoms with E-state index in [-0.39, 0.29) is 17.9 Å². The normalized spacial score (nSPS) is 31.0. The Balaban J connectivity index is 2.78. The lowest BCUT2D eigenvalue weighted by Gasteiger charge is -2.23. The van der Waals surface area contributed by atoms with Crippen LogP contribution in [0.15, 0.2) is 12.2 Å². The van der Waals surface area contributed by atoms with Crippen molar-refractivity contribution in [1.82, 2.24) is 0 Å². The van der Waals surface area contributed by atoms with Crippen LogP contribution in [0.2, 0.25) is 0 Å². The second kappa shape index (κ2) is 4.05. The van der Waals surface area contributed by atoms with Gasteiger partial charge in [-0.25, -0.2) is 0 Å². The Hall–Kier alpha value is -0.630. The lowest BCUT2D eigenvalue weighted by Crippen LogP contribution is -2.29. The van der Waals surface area contributed by atoms with E-state index < -0.39 is 0 Å². The molecule has 74 valence electrons. The van der Waals surface area contributed by atoms with Crippen LogP contribution < -0.4 is 0 Å². The average molecular weight is 182 g/mol. The molecule has 1 aliphatic carbocycles. The number of hydrogen-bond acceptors (Lipinski definition) is 2. The number of ether oxygens (including phenoxy) is 1. The maximum Gasteiger partial charge on any atom is 0.143 e. The summed E-state index contributed by atoms with van der Waals surface area (Å²) in [5.41, 5.74) is 1.06. The predicted molar refractivity (Wildman–Crippen MR) is 52.5 cm³/mol. The molecular formula is C11H18O2. The van der Waals surface area contributed by atoms with Gasteiger partial charge in [-0.15, -0.1) is 0 Å². The molecule has 0 heterocycles. The summed E-state index contributed by atoms with van der Waals surface area (Å²) in [5, 5.41) is 0. The van der Waals surface area contributed by atoms with Gasteiger partial charge in [0.05, 0.1) is 12.0 Å². The van der Waals surface area contributed by atoms with Crippen LogP contribution in [-0.4, -0.2) is 19.0 Å². The zero-order chi connectivity index (χ0) is 10.0. The molecule has 13 heavy (non-hydrogen) atoms. The Labute approximate surface area is 80.0 Å². The quantitative estimate of drug-likeness (QED) is 0.625. The minimum atomic E-state index is 0.0440. The molecule has 0 aliphatic heterocycles. The first kappa shape index (κ1) is 10.5. The third-order valence-electron chi connectivity index (χ3n) is 3.06. The molecule has 1 fully saturated rings. The highest BCUT2D eigenvalue weighted by Gasteiger charge is 2.39. The van der Waals surface area contributed by atoms with E-state index in [9.17, 15) is 4.79 Å². The van der Waals surface area contributed by atoms with Crippen LogP contribution in [0.4, 0.5) is 0 Å². The van der Waals surface area contributed by atoms with Crippen molar-refractivity contribution in [3.05, 3.63) is 12.2 Å². The van der Waals surface area contributed by atoms with Gasteiger partial charge in [-0.3, -0.25) is 4.79 Å². The number of carbonyl (C=O) groups excluding carboxylic acids is 1. The number of ketones is 1. The summed E-state index contributed by atoms with van der Waals surface area (Å²) in [4.78, 5) is 11.6. The van der Waals surface area contributed by atoms with E-state index in [1.807, 2.05) is 0 Å². The maximum absolute atomic E-state index is 11.6. The van der Waals surface area contributed by atoms with Crippen LogP contribution >= 0.6 is 0 Å². The number of rotatable bonds is 3. The standard InChI is InChI=1S/C11H18O2/c1-5-10(13-4)11-8(3)7(2)6-9(11)12/h8,10-11H,2,5-6H2,1,3-4H3. The molecule has 0 radical (unpaired) electrons. The second-order valence-electron chi connectivity index (χ2n) is 3.80. The third kappa shape index (κ3) is 1.83. The van der Waals surface area contributed by atoms with Gasteiger partial charge >= 0.3 is 0 Å². The molecule has 2 nitrogen and oxygen atoms in total. The molecule has 1 saturated carbocycles. The van der Waals surface area contributed by atoms with Gasteiger partial charge in [0.2, 0.25) is 0 Å². The van der Waals surface area contributed by atoms with Crippen molar-refractivity contribution >= 4 is 5.78 Å². The molecule has 0 bridgehead atoms. The van der Waals surface area contributed by atoms with Gasteiger partial charge in [0.25, 0.3) is 0 Å². The fraction of sp³-hybridized carbons (Fsp3) is 0.727. The Morgan fingerprint density at radius 1 is 1.69 bits per heavy atom. The Kier molecular flexibility index (Phi) is 3.26. The largest absolute Gasteiger partial charge is 0.381 e. The van der Waals surface area contributed by atoms with Crippen molar-refractivity contribution in [2.45, 2.75) is 32.8 Å². The van der Waals surface area contributed by atoms with Crippen molar-refractivity contribution in [1.29, 1.82) is 0 Å². The van der Waals surface area contributed by atoms with E-state index in [4.69, 9.17) is 4.74 Å². The zero-order valence-electron chi connectivity index (χ0n) is 8.67. The van der Waals surface area contributed by atoms with Crippen molar-refractivity contribution in [2.24, 2.45) is 11.8 Å². The summed E-state index contributed by atoms with van der Waals surface area (Å²) in [6, 6.07) is 0. The number of methoxy groups -OCH3 is 1. The Morgan fingerprint density at radius 3 is 2.62 bits per heavy atom. The van der Waals surface area contributed by atoms with Crippen LogP contribution in [0.5, 0.6) is 0 Å². The predicted octanol–water partition coefficient (Wildman–Crippen LogP) is 2.19. The summed E-state index contributed by atoms with van der Waals surface area (Å²) >= 11 is 0. The first-order chi connectivity index (χ1) is 6.11. The van der Waals surface area contributed by atoms with Crippen LogP contribution in [0.25, 0.3) is 0 Å². The molecule has 0 aromatic heterocycles. The van der Waals surface area contributed by atoms with Crippen LogP contribution in [-0.2, 0) is 9.53 Å². The minimum Gasteiger partial charge on any atom is -0.381 e. The molecule has 0 aromatic carbocycles. The lowest BCUT2D eigenvalue weighted by molar-refractivity contribution is -0.125. The number of hydrogen-bond donors (Lipinski definition) is 0. The van der Waals surface area contributed by atoms with Gasteiger partial charge in [0.1, 0.15) is 5.78 Å². The average Bonchev–Trinajstić information content (AvgIpc) is 2.34. The molecule has 2 heteroatoms. The molecule has 0 saturated heterocycles. The molecule has 3 atom stereocenters. The maximum atomic E-state index is 11.6. The van der Waals surface area contributed by atoms with E-state index in [2.05, 4.69) is 20.4 Å². The van der Waals surface area contributed by atoms with Gasteiger partial charge in [0, 0.05) is 13.5 Å². The lowest BCUT2D eigenvalue weighted by atomic mass is 9.89. The smallest absolute Gasteiger partial charge is 0.143 e. The minimum absolute atomic E-state index is 0.0440. The van der Waals surface area contributed by atoms with Gasteiger partial charge in [-0.05, 0) is 12.3 Å². The first-order valence-electron chi connectivity index (χ1n) is 4.85. The molecule has 1 aliphatic rings. The van der Waals surface area contributed by atoms with Gasteiger partial charge in [-0.1, -0.05) is 26.0 Å². The second-order valence-corrected chi connectivity index (χ2v) is 3.80. The van der Waals surface area contributed by atoms with E-state index in [0.29, 0.717) is 12.2 Å². The van der Waals surface area contributed by atoms with Crippen molar-refractivity contribution in [3.8, 4) is 0 Å². The van der Waals surface area contributed by atoms with E-state index in [1.54, 1.807) is 7.11 Å². The summed E-state index contributed by atoms with van der Waals surface area (Å²) in [7, 11) is 1.68. The molecular weight excluding hydrogens is 164 g/mol. The van der Waals surface area contributed by atoms with Gasteiger partial charge < -0.3 is 4.74 Å². The molecule has 0 N–H and O–H groups in total. The van der Waals surface area contributed by atoms with E-state index in [0.717, 1.165) is 12.0 Å². The topological polar surface area (TPSA) is 26.3 Å². The molecule has 0 amide bonds. The Bertz CT molecular complexity index is 216. The number of Topliss-reactive ketones (excluding diaryl/α,β-unsaturated/α-hetero) is 1. The summed E-state index contributed by atoms with van der Waals surface area (Å²) in [6.45, 7) is 8.03.